The Morgan fingerprint density at radius 3 is 2.78 bits per heavy atom. The van der Waals surface area contributed by atoms with E-state index in [4.69, 9.17) is 14.2 Å². The van der Waals surface area contributed by atoms with Crippen molar-refractivity contribution in [2.24, 2.45) is 0 Å². The van der Waals surface area contributed by atoms with Gasteiger partial charge in [0.05, 0.1) is 25.5 Å². The van der Waals surface area contributed by atoms with Crippen LogP contribution in [-0.4, -0.2) is 62.3 Å². The maximum Gasteiger partial charge on any atom is 0.248 e. The second-order valence-corrected chi connectivity index (χ2v) is 8.83. The topological polar surface area (TPSA) is 89.1 Å². The lowest BCUT2D eigenvalue weighted by Gasteiger charge is -2.26. The lowest BCUT2D eigenvalue weighted by Crippen LogP contribution is -2.38. The summed E-state index contributed by atoms with van der Waals surface area (Å²) in [5.41, 5.74) is 2.20. The molecule has 2 heterocycles. The lowest BCUT2D eigenvalue weighted by atomic mass is 10.1. The monoisotopic (exact) mass is 497 g/mol. The molecule has 1 saturated heterocycles. The first-order valence-corrected chi connectivity index (χ1v) is 12.3. The van der Waals surface area contributed by atoms with Crippen LogP contribution in [0.2, 0.25) is 0 Å². The van der Waals surface area contributed by atoms with Gasteiger partial charge in [-0.05, 0) is 50.3 Å². The van der Waals surface area contributed by atoms with Crippen molar-refractivity contribution in [3.63, 3.8) is 0 Å². The van der Waals surface area contributed by atoms with Gasteiger partial charge in [-0.3, -0.25) is 14.5 Å². The summed E-state index contributed by atoms with van der Waals surface area (Å²) in [6.07, 6.45) is 4.20. The maximum absolute atomic E-state index is 14.3. The van der Waals surface area contributed by atoms with Crippen molar-refractivity contribution in [3.05, 3.63) is 53.4 Å². The van der Waals surface area contributed by atoms with Crippen molar-refractivity contribution in [1.82, 2.24) is 4.90 Å². The van der Waals surface area contributed by atoms with Crippen LogP contribution in [0.1, 0.15) is 31.4 Å². The van der Waals surface area contributed by atoms with E-state index >= 15 is 0 Å². The third-order valence-electron chi connectivity index (χ3n) is 6.01. The number of ether oxygens (including phenoxy) is 3. The highest BCUT2D eigenvalue weighted by Gasteiger charge is 2.21. The Morgan fingerprint density at radius 2 is 2.00 bits per heavy atom. The van der Waals surface area contributed by atoms with Crippen molar-refractivity contribution < 1.29 is 28.2 Å². The number of anilines is 2. The molecular weight excluding hydrogens is 465 g/mol. The highest BCUT2D eigenvalue weighted by Crippen LogP contribution is 2.35. The van der Waals surface area contributed by atoms with E-state index in [9.17, 15) is 14.0 Å². The molecule has 0 bridgehead atoms. The Morgan fingerprint density at radius 1 is 1.19 bits per heavy atom. The Hall–Kier alpha value is -3.43. The molecule has 36 heavy (non-hydrogen) atoms. The molecule has 9 heteroatoms. The highest BCUT2D eigenvalue weighted by atomic mass is 19.1. The van der Waals surface area contributed by atoms with Gasteiger partial charge in [0.25, 0.3) is 0 Å². The van der Waals surface area contributed by atoms with Crippen molar-refractivity contribution in [2.45, 2.75) is 32.8 Å². The van der Waals surface area contributed by atoms with Crippen LogP contribution in [-0.2, 0) is 20.7 Å². The third-order valence-corrected chi connectivity index (χ3v) is 6.01. The standard InChI is InChI=1S/C27H32FN3O5/c1-3-35-24-16-20-14-18(2)36-25(20)15-19(24)4-7-26(32)29-21-5-6-22(28)23(17-21)30-27(33)8-9-31-10-12-34-13-11-31/h4-7,15-18H,3,8-14H2,1-2H3,(H,29,32)(H,30,33)/b7-4+. The molecule has 1 atom stereocenters. The number of halogens is 1. The van der Waals surface area contributed by atoms with Gasteiger partial charge in [-0.15, -0.1) is 0 Å². The van der Waals surface area contributed by atoms with E-state index in [1.807, 2.05) is 26.0 Å². The van der Waals surface area contributed by atoms with E-state index in [0.29, 0.717) is 37.8 Å². The fraction of sp³-hybridized carbons (Fsp3) is 0.407. The zero-order valence-electron chi connectivity index (χ0n) is 20.6. The number of nitrogens with one attached hydrogen (secondary N) is 2. The third kappa shape index (κ3) is 6.83. The molecule has 8 nitrogen and oxygen atoms in total. The van der Waals surface area contributed by atoms with Crippen LogP contribution in [0.4, 0.5) is 15.8 Å². The molecule has 2 aromatic rings. The van der Waals surface area contributed by atoms with E-state index < -0.39 is 11.7 Å². The molecule has 1 fully saturated rings. The summed E-state index contributed by atoms with van der Waals surface area (Å²) in [5.74, 6) is 0.209. The summed E-state index contributed by atoms with van der Waals surface area (Å²) in [5, 5.41) is 5.31. The molecule has 0 radical (unpaired) electrons. The van der Waals surface area contributed by atoms with Crippen molar-refractivity contribution in [1.29, 1.82) is 0 Å². The molecule has 0 saturated carbocycles. The van der Waals surface area contributed by atoms with E-state index in [1.165, 1.54) is 24.3 Å². The Kier molecular flexibility index (Phi) is 8.56. The van der Waals surface area contributed by atoms with Crippen LogP contribution in [0.25, 0.3) is 6.08 Å². The number of rotatable bonds is 9. The van der Waals surface area contributed by atoms with Gasteiger partial charge in [-0.25, -0.2) is 4.39 Å². The number of carbonyl (C=O) groups excluding carboxylic acids is 2. The molecule has 4 rings (SSSR count). The minimum absolute atomic E-state index is 0.0206. The van der Waals surface area contributed by atoms with Gasteiger partial charge in [0.2, 0.25) is 11.8 Å². The van der Waals surface area contributed by atoms with E-state index in [2.05, 4.69) is 15.5 Å². The lowest BCUT2D eigenvalue weighted by molar-refractivity contribution is -0.116. The van der Waals surface area contributed by atoms with Gasteiger partial charge in [-0.2, -0.15) is 0 Å². The molecule has 0 aromatic heterocycles. The second kappa shape index (κ2) is 12.0. The molecule has 2 aromatic carbocycles. The zero-order valence-corrected chi connectivity index (χ0v) is 20.6. The van der Waals surface area contributed by atoms with Crippen LogP contribution < -0.4 is 20.1 Å². The van der Waals surface area contributed by atoms with Gasteiger partial charge < -0.3 is 24.8 Å². The van der Waals surface area contributed by atoms with Crippen LogP contribution in [0.3, 0.4) is 0 Å². The molecule has 2 amide bonds. The summed E-state index contributed by atoms with van der Waals surface area (Å²) >= 11 is 0. The minimum atomic E-state index is -0.572. The molecule has 192 valence electrons. The number of nitrogens with zero attached hydrogens (tertiary/aromatic N) is 1. The normalized spacial score (nSPS) is 17.5. The quantitative estimate of drug-likeness (QED) is 0.512. The van der Waals surface area contributed by atoms with Gasteiger partial charge in [0, 0.05) is 55.4 Å². The molecule has 0 spiro atoms. The number of carbonyl (C=O) groups is 2. The van der Waals surface area contributed by atoms with E-state index in [-0.39, 0.29) is 24.1 Å². The van der Waals surface area contributed by atoms with Gasteiger partial charge in [0.1, 0.15) is 23.4 Å². The molecule has 1 unspecified atom stereocenters. The first-order chi connectivity index (χ1) is 17.4. The molecule has 2 aliphatic rings. The van der Waals surface area contributed by atoms with Crippen molar-refractivity contribution in [2.75, 3.05) is 50.1 Å². The van der Waals surface area contributed by atoms with Gasteiger partial charge >= 0.3 is 0 Å². The summed E-state index contributed by atoms with van der Waals surface area (Å²) in [7, 11) is 0. The smallest absolute Gasteiger partial charge is 0.248 e. The Labute approximate surface area is 210 Å². The SMILES string of the molecule is CCOc1cc2c(cc1/C=C/C(=O)Nc1ccc(F)c(NC(=O)CCN3CCOCC3)c1)OC(C)C2. The number of amides is 2. The average Bonchev–Trinajstić information content (AvgIpc) is 3.23. The highest BCUT2D eigenvalue weighted by molar-refractivity contribution is 6.02. The summed E-state index contributed by atoms with van der Waals surface area (Å²) < 4.78 is 31.2. The molecular formula is C27H32FN3O5. The number of benzene rings is 2. The summed E-state index contributed by atoms with van der Waals surface area (Å²) in [6, 6.07) is 7.89. The van der Waals surface area contributed by atoms with Crippen molar-refractivity contribution in [3.8, 4) is 11.5 Å². The predicted molar refractivity (Wildman–Crippen MR) is 136 cm³/mol. The average molecular weight is 498 g/mol. The predicted octanol–water partition coefficient (Wildman–Crippen LogP) is 3.86. The first kappa shape index (κ1) is 25.7. The largest absolute Gasteiger partial charge is 0.493 e. The first-order valence-electron chi connectivity index (χ1n) is 12.3. The fourth-order valence-electron chi connectivity index (χ4n) is 4.21. The number of morpholine rings is 1. The number of hydrogen-bond acceptors (Lipinski definition) is 6. The maximum atomic E-state index is 14.3. The van der Waals surface area contributed by atoms with Gasteiger partial charge in [-0.1, -0.05) is 0 Å². The van der Waals surface area contributed by atoms with E-state index in [0.717, 1.165) is 36.4 Å². The van der Waals surface area contributed by atoms with Crippen LogP contribution in [0, 0.1) is 5.82 Å². The van der Waals surface area contributed by atoms with E-state index in [1.54, 1.807) is 6.08 Å². The Bertz CT molecular complexity index is 1130. The molecule has 2 N–H and O–H groups in total. The van der Waals surface area contributed by atoms with Crippen LogP contribution >= 0.6 is 0 Å². The zero-order chi connectivity index (χ0) is 25.5. The number of hydrogen-bond donors (Lipinski definition) is 2. The fourth-order valence-corrected chi connectivity index (χ4v) is 4.21. The summed E-state index contributed by atoms with van der Waals surface area (Å²) in [6.45, 7) is 7.85. The van der Waals surface area contributed by atoms with Gasteiger partial charge in [0.15, 0.2) is 0 Å². The molecule has 0 aliphatic carbocycles. The van der Waals surface area contributed by atoms with Crippen LogP contribution in [0.5, 0.6) is 11.5 Å². The Balaban J connectivity index is 1.37. The number of fused-ring (bicyclic) bond motifs is 1. The minimum Gasteiger partial charge on any atom is -0.493 e. The second-order valence-electron chi connectivity index (χ2n) is 8.83. The van der Waals surface area contributed by atoms with Crippen LogP contribution in [0.15, 0.2) is 36.4 Å². The van der Waals surface area contributed by atoms with Crippen molar-refractivity contribution >= 4 is 29.3 Å². The molecule has 2 aliphatic heterocycles. The summed E-state index contributed by atoms with van der Waals surface area (Å²) in [4.78, 5) is 27.0.